The van der Waals surface area contributed by atoms with E-state index >= 15 is 0 Å². The van der Waals surface area contributed by atoms with E-state index in [1.54, 1.807) is 6.33 Å². The molecular weight excluding hydrogens is 324 g/mol. The van der Waals surface area contributed by atoms with Crippen LogP contribution in [-0.2, 0) is 6.42 Å². The molecule has 1 atom stereocenters. The van der Waals surface area contributed by atoms with Crippen LogP contribution in [0.3, 0.4) is 0 Å². The van der Waals surface area contributed by atoms with Crippen LogP contribution in [0.2, 0.25) is 0 Å². The van der Waals surface area contributed by atoms with Crippen molar-refractivity contribution < 1.29 is 4.74 Å². The van der Waals surface area contributed by atoms with Gasteiger partial charge in [-0.1, -0.05) is 30.3 Å². The Bertz CT molecular complexity index is 1160. The fraction of sp³-hybridized carbons (Fsp3) is 0.143. The first-order valence-corrected chi connectivity index (χ1v) is 8.82. The van der Waals surface area contributed by atoms with Gasteiger partial charge in [0.1, 0.15) is 17.8 Å². The van der Waals surface area contributed by atoms with Gasteiger partial charge in [0.2, 0.25) is 0 Å². The van der Waals surface area contributed by atoms with Crippen LogP contribution in [0.5, 0.6) is 5.75 Å². The maximum Gasteiger partial charge on any atom is 0.137 e. The fourth-order valence-corrected chi connectivity index (χ4v) is 4.08. The first-order chi connectivity index (χ1) is 12.9. The molecule has 0 fully saturated rings. The summed E-state index contributed by atoms with van der Waals surface area (Å²) in [5, 5.41) is 8.12. The Balaban J connectivity index is 1.63. The number of hydrogen-bond acceptors (Lipinski definition) is 4. The summed E-state index contributed by atoms with van der Waals surface area (Å²) >= 11 is 0. The lowest BCUT2D eigenvalue weighted by Crippen LogP contribution is -2.11. The number of nitrogens with zero attached hydrogens (tertiary/aromatic N) is 3. The predicted octanol–water partition coefficient (Wildman–Crippen LogP) is 3.85. The Kier molecular flexibility index (Phi) is 2.72. The van der Waals surface area contributed by atoms with E-state index in [1.807, 2.05) is 16.8 Å². The van der Waals surface area contributed by atoms with Gasteiger partial charge in [-0.25, -0.2) is 9.50 Å². The highest BCUT2D eigenvalue weighted by Gasteiger charge is 2.27. The van der Waals surface area contributed by atoms with Crippen LogP contribution in [0.15, 0.2) is 61.1 Å². The minimum atomic E-state index is 0.0166. The Hall–Kier alpha value is -3.34. The van der Waals surface area contributed by atoms with Gasteiger partial charge in [-0.3, -0.25) is 0 Å². The number of ether oxygens (including phenoxy) is 1. The van der Waals surface area contributed by atoms with Crippen LogP contribution >= 0.6 is 0 Å². The molecule has 0 amide bonds. The average Bonchev–Trinajstić information content (AvgIpc) is 3.29. The van der Waals surface area contributed by atoms with Crippen molar-refractivity contribution in [3.8, 4) is 17.0 Å². The summed E-state index contributed by atoms with van der Waals surface area (Å²) in [6.45, 7) is 0.771. The second-order valence-corrected chi connectivity index (χ2v) is 6.76. The van der Waals surface area contributed by atoms with E-state index in [-0.39, 0.29) is 6.04 Å². The lowest BCUT2D eigenvalue weighted by Gasteiger charge is -2.20. The van der Waals surface area contributed by atoms with Gasteiger partial charge in [0, 0.05) is 29.4 Å². The lowest BCUT2D eigenvalue weighted by molar-refractivity contribution is 0.356. The van der Waals surface area contributed by atoms with Gasteiger partial charge in [-0.15, -0.1) is 0 Å². The summed E-state index contributed by atoms with van der Waals surface area (Å²) < 4.78 is 7.71. The molecule has 1 unspecified atom stereocenters. The molecule has 5 heteroatoms. The Morgan fingerprint density at radius 3 is 3.08 bits per heavy atom. The molecule has 1 N–H and O–H groups in total. The topological polar surface area (TPSA) is 51.5 Å². The maximum absolute atomic E-state index is 5.80. The van der Waals surface area contributed by atoms with Gasteiger partial charge in [-0.05, 0) is 29.3 Å². The molecule has 4 aromatic rings. The largest absolute Gasteiger partial charge is 0.493 e. The van der Waals surface area contributed by atoms with Crippen molar-refractivity contribution in [3.05, 3.63) is 77.7 Å². The summed E-state index contributed by atoms with van der Waals surface area (Å²) in [5.41, 5.74) is 7.84. The number of fused-ring (bicyclic) bond motifs is 3. The number of para-hydroxylation sites is 1. The summed E-state index contributed by atoms with van der Waals surface area (Å²) in [5.74, 6) is 1.00. The number of aromatic nitrogens is 3. The first kappa shape index (κ1) is 13.9. The molecule has 2 aliphatic heterocycles. The second-order valence-electron chi connectivity index (χ2n) is 6.76. The second kappa shape index (κ2) is 5.08. The van der Waals surface area contributed by atoms with Crippen LogP contribution in [0, 0.1) is 0 Å². The average molecular weight is 340 g/mol. The Morgan fingerprint density at radius 2 is 2.08 bits per heavy atom. The zero-order valence-electron chi connectivity index (χ0n) is 14.0. The Morgan fingerprint density at radius 1 is 1.12 bits per heavy atom. The molecule has 2 aromatic carbocycles. The molecule has 4 heterocycles. The first-order valence-electron chi connectivity index (χ1n) is 8.82. The van der Waals surface area contributed by atoms with Crippen molar-refractivity contribution in [2.45, 2.75) is 12.5 Å². The smallest absolute Gasteiger partial charge is 0.137 e. The summed E-state index contributed by atoms with van der Waals surface area (Å²) in [6, 6.07) is 17.0. The highest BCUT2D eigenvalue weighted by atomic mass is 16.5. The third-order valence-corrected chi connectivity index (χ3v) is 5.33. The maximum atomic E-state index is 5.80. The Labute approximate surface area is 150 Å². The summed E-state index contributed by atoms with van der Waals surface area (Å²) in [7, 11) is 0. The van der Waals surface area contributed by atoms with Crippen molar-refractivity contribution in [2.24, 2.45) is 0 Å². The van der Waals surface area contributed by atoms with E-state index in [1.165, 1.54) is 16.7 Å². The monoisotopic (exact) mass is 340 g/mol. The van der Waals surface area contributed by atoms with E-state index in [4.69, 9.17) is 4.74 Å². The standard InChI is InChI=1S/C21H16N4O/c1-2-4-17-15(3-1)20-21-16(7-9-25(21)23-12-22-20)19(24-17)14-6-5-13-8-10-26-18(13)11-14/h1-7,9,11-12,19,24H,8,10H2. The molecule has 126 valence electrons. The minimum absolute atomic E-state index is 0.0166. The molecule has 0 radical (unpaired) electrons. The van der Waals surface area contributed by atoms with Gasteiger partial charge >= 0.3 is 0 Å². The van der Waals surface area contributed by atoms with Gasteiger partial charge < -0.3 is 10.1 Å². The van der Waals surface area contributed by atoms with Crippen LogP contribution in [0.4, 0.5) is 5.69 Å². The summed E-state index contributed by atoms with van der Waals surface area (Å²) in [4.78, 5) is 4.60. The lowest BCUT2D eigenvalue weighted by atomic mass is 9.98. The third kappa shape index (κ3) is 1.85. The van der Waals surface area contributed by atoms with Crippen molar-refractivity contribution in [1.82, 2.24) is 14.6 Å². The molecule has 26 heavy (non-hydrogen) atoms. The van der Waals surface area contributed by atoms with Gasteiger partial charge in [0.05, 0.1) is 18.2 Å². The molecule has 6 rings (SSSR count). The molecule has 2 aliphatic rings. The molecule has 5 nitrogen and oxygen atoms in total. The normalized spacial score (nSPS) is 17.2. The fourth-order valence-electron chi connectivity index (χ4n) is 4.08. The van der Waals surface area contributed by atoms with E-state index in [9.17, 15) is 0 Å². The van der Waals surface area contributed by atoms with Crippen molar-refractivity contribution in [1.29, 1.82) is 0 Å². The number of rotatable bonds is 1. The quantitative estimate of drug-likeness (QED) is 0.572. The van der Waals surface area contributed by atoms with E-state index < -0.39 is 0 Å². The molecule has 0 aliphatic carbocycles. The van der Waals surface area contributed by atoms with Crippen molar-refractivity contribution in [2.75, 3.05) is 11.9 Å². The zero-order chi connectivity index (χ0) is 17.1. The number of hydrogen-bond donors (Lipinski definition) is 1. The minimum Gasteiger partial charge on any atom is -0.493 e. The van der Waals surface area contributed by atoms with Crippen molar-refractivity contribution >= 4 is 11.2 Å². The van der Waals surface area contributed by atoms with Gasteiger partial charge in [0.15, 0.2) is 0 Å². The SMILES string of the molecule is c1ccc2c(c1)NC(c1ccc3c(c1)OCC3)c1ccn3ncnc-2c13. The number of anilines is 1. The van der Waals surface area contributed by atoms with E-state index in [2.05, 4.69) is 57.9 Å². The van der Waals surface area contributed by atoms with Gasteiger partial charge in [-0.2, -0.15) is 5.10 Å². The highest BCUT2D eigenvalue weighted by molar-refractivity contribution is 5.90. The van der Waals surface area contributed by atoms with E-state index in [0.717, 1.165) is 41.2 Å². The van der Waals surface area contributed by atoms with Crippen molar-refractivity contribution in [3.63, 3.8) is 0 Å². The van der Waals surface area contributed by atoms with Gasteiger partial charge in [0.25, 0.3) is 0 Å². The third-order valence-electron chi connectivity index (χ3n) is 5.33. The van der Waals surface area contributed by atoms with Crippen LogP contribution < -0.4 is 10.1 Å². The highest BCUT2D eigenvalue weighted by Crippen LogP contribution is 2.42. The van der Waals surface area contributed by atoms with Crippen LogP contribution in [-0.4, -0.2) is 21.2 Å². The predicted molar refractivity (Wildman–Crippen MR) is 99.5 cm³/mol. The molecule has 0 spiro atoms. The van der Waals surface area contributed by atoms with E-state index in [0.29, 0.717) is 0 Å². The molecule has 2 aromatic heterocycles. The molecule has 0 bridgehead atoms. The number of nitrogens with one attached hydrogen (secondary N) is 1. The number of benzene rings is 2. The summed E-state index contributed by atoms with van der Waals surface area (Å²) in [6.07, 6.45) is 4.61. The molecular formula is C21H16N4O. The zero-order valence-corrected chi connectivity index (χ0v) is 14.0. The van der Waals surface area contributed by atoms with Crippen LogP contribution in [0.1, 0.15) is 22.7 Å². The molecule has 0 saturated heterocycles. The molecule has 0 saturated carbocycles. The van der Waals surface area contributed by atoms with Crippen LogP contribution in [0.25, 0.3) is 16.8 Å².